The first kappa shape index (κ1) is 19.7. The number of carbonyl (C=O) groups is 1. The maximum atomic E-state index is 13.7. The van der Waals surface area contributed by atoms with E-state index >= 15 is 0 Å². The molecule has 0 aromatic carbocycles. The fraction of sp³-hybridized carbons (Fsp3) is 0.550. The van der Waals surface area contributed by atoms with Crippen molar-refractivity contribution in [2.24, 2.45) is 5.92 Å². The first-order valence-electron chi connectivity index (χ1n) is 9.90. The lowest BCUT2D eigenvalue weighted by atomic mass is 9.94. The van der Waals surface area contributed by atoms with Crippen LogP contribution in [0.4, 0.5) is 19.0 Å². The number of halogens is 3. The van der Waals surface area contributed by atoms with E-state index in [2.05, 4.69) is 15.4 Å². The normalized spacial score (nSPS) is 24.5. The predicted molar refractivity (Wildman–Crippen MR) is 101 cm³/mol. The molecule has 4 heterocycles. The highest BCUT2D eigenvalue weighted by Gasteiger charge is 2.47. The molecule has 1 saturated heterocycles. The number of fused-ring (bicyclic) bond motifs is 1. The van der Waals surface area contributed by atoms with Crippen molar-refractivity contribution >= 4 is 11.7 Å². The fourth-order valence-corrected chi connectivity index (χ4v) is 4.18. The van der Waals surface area contributed by atoms with Crippen LogP contribution in [0.15, 0.2) is 30.5 Å². The van der Waals surface area contributed by atoms with Gasteiger partial charge in [0.2, 0.25) is 0 Å². The molecule has 4 rings (SSSR count). The molecular weight excluding hydrogens is 383 g/mol. The second-order valence-corrected chi connectivity index (χ2v) is 8.06. The van der Waals surface area contributed by atoms with Crippen molar-refractivity contribution < 1.29 is 18.0 Å². The molecule has 2 aromatic rings. The summed E-state index contributed by atoms with van der Waals surface area (Å²) in [7, 11) is 0. The van der Waals surface area contributed by atoms with Crippen LogP contribution in [-0.4, -0.2) is 44.3 Å². The SMILES string of the molecule is CC(C)[C@@H]1C[C@H](C(F)(F)F)n2nc(C3CCCN3C(=O)c3ccccn3)cc2N1. The van der Waals surface area contributed by atoms with Gasteiger partial charge in [-0.25, -0.2) is 4.68 Å². The summed E-state index contributed by atoms with van der Waals surface area (Å²) < 4.78 is 42.2. The zero-order chi connectivity index (χ0) is 20.8. The van der Waals surface area contributed by atoms with Gasteiger partial charge in [-0.15, -0.1) is 0 Å². The van der Waals surface area contributed by atoms with Crippen LogP contribution in [0.5, 0.6) is 0 Å². The van der Waals surface area contributed by atoms with E-state index in [-0.39, 0.29) is 30.3 Å². The van der Waals surface area contributed by atoms with E-state index in [1.54, 1.807) is 35.4 Å². The quantitative estimate of drug-likeness (QED) is 0.828. The summed E-state index contributed by atoms with van der Waals surface area (Å²) in [5.41, 5.74) is 0.822. The average Bonchev–Trinajstić information content (AvgIpc) is 3.32. The van der Waals surface area contributed by atoms with Crippen LogP contribution in [0, 0.1) is 5.92 Å². The first-order chi connectivity index (χ1) is 13.8. The predicted octanol–water partition coefficient (Wildman–Crippen LogP) is 4.20. The van der Waals surface area contributed by atoms with E-state index in [0.29, 0.717) is 30.2 Å². The molecule has 2 aliphatic rings. The number of pyridine rings is 1. The third kappa shape index (κ3) is 3.70. The van der Waals surface area contributed by atoms with Crippen molar-refractivity contribution in [1.29, 1.82) is 0 Å². The fourth-order valence-electron chi connectivity index (χ4n) is 4.18. The molecular formula is C20H24F3N5O. The topological polar surface area (TPSA) is 63.1 Å². The molecule has 0 radical (unpaired) electrons. The Labute approximate surface area is 167 Å². The largest absolute Gasteiger partial charge is 0.410 e. The molecule has 1 unspecified atom stereocenters. The number of likely N-dealkylation sites (tertiary alicyclic amines) is 1. The van der Waals surface area contributed by atoms with Gasteiger partial charge in [0.1, 0.15) is 11.5 Å². The molecule has 0 spiro atoms. The van der Waals surface area contributed by atoms with Crippen molar-refractivity contribution in [1.82, 2.24) is 19.7 Å². The van der Waals surface area contributed by atoms with Gasteiger partial charge in [-0.05, 0) is 37.3 Å². The number of nitrogens with one attached hydrogen (secondary N) is 1. The number of amides is 1. The van der Waals surface area contributed by atoms with Crippen LogP contribution in [0.1, 0.15) is 61.4 Å². The molecule has 3 atom stereocenters. The minimum Gasteiger partial charge on any atom is -0.367 e. The highest BCUT2D eigenvalue weighted by atomic mass is 19.4. The molecule has 6 nitrogen and oxygen atoms in total. The van der Waals surface area contributed by atoms with Crippen LogP contribution in [0.3, 0.4) is 0 Å². The summed E-state index contributed by atoms with van der Waals surface area (Å²) in [6.45, 7) is 4.34. The molecule has 2 aromatic heterocycles. The molecule has 1 amide bonds. The number of hydrogen-bond acceptors (Lipinski definition) is 4. The van der Waals surface area contributed by atoms with Crippen LogP contribution >= 0.6 is 0 Å². The van der Waals surface area contributed by atoms with E-state index < -0.39 is 12.2 Å². The number of aromatic nitrogens is 3. The highest BCUT2D eigenvalue weighted by Crippen LogP contribution is 2.42. The van der Waals surface area contributed by atoms with Gasteiger partial charge in [0.25, 0.3) is 5.91 Å². The van der Waals surface area contributed by atoms with Crippen molar-refractivity contribution in [3.05, 3.63) is 41.9 Å². The molecule has 9 heteroatoms. The smallest absolute Gasteiger partial charge is 0.367 e. The molecule has 0 saturated carbocycles. The van der Waals surface area contributed by atoms with E-state index in [4.69, 9.17) is 0 Å². The van der Waals surface area contributed by atoms with Crippen LogP contribution in [-0.2, 0) is 0 Å². The maximum absolute atomic E-state index is 13.7. The summed E-state index contributed by atoms with van der Waals surface area (Å²) in [5.74, 6) is 0.199. The minimum absolute atomic E-state index is 0.0562. The van der Waals surface area contributed by atoms with Crippen molar-refractivity contribution in [2.45, 2.75) is 57.4 Å². The van der Waals surface area contributed by atoms with Crippen molar-refractivity contribution in [3.8, 4) is 0 Å². The highest BCUT2D eigenvalue weighted by molar-refractivity contribution is 5.92. The lowest BCUT2D eigenvalue weighted by molar-refractivity contribution is -0.174. The van der Waals surface area contributed by atoms with Crippen molar-refractivity contribution in [3.63, 3.8) is 0 Å². The van der Waals surface area contributed by atoms with Gasteiger partial charge in [0.05, 0.1) is 11.7 Å². The number of nitrogens with zero attached hydrogens (tertiary/aromatic N) is 4. The van der Waals surface area contributed by atoms with Crippen LogP contribution in [0.25, 0.3) is 0 Å². The summed E-state index contributed by atoms with van der Waals surface area (Å²) in [4.78, 5) is 18.7. The average molecular weight is 407 g/mol. The Hall–Kier alpha value is -2.58. The first-order valence-corrected chi connectivity index (χ1v) is 9.90. The standard InChI is InChI=1S/C20H24F3N5O/c1-12(2)14-10-17(20(21,22)23)28-18(25-14)11-15(26-28)16-7-5-9-27(16)19(29)13-6-3-4-8-24-13/h3-4,6,8,11-12,14,16-17,25H,5,7,9-10H2,1-2H3/t14-,16?,17+/m0/s1. The Bertz CT molecular complexity index is 880. The van der Waals surface area contributed by atoms with Crippen LogP contribution < -0.4 is 5.32 Å². The number of hydrogen-bond donors (Lipinski definition) is 1. The summed E-state index contributed by atoms with van der Waals surface area (Å²) in [6.07, 6.45) is -1.45. The Morgan fingerprint density at radius 1 is 1.31 bits per heavy atom. The van der Waals surface area contributed by atoms with Gasteiger partial charge in [0.15, 0.2) is 6.04 Å². The third-order valence-electron chi connectivity index (χ3n) is 5.78. The molecule has 2 aliphatic heterocycles. The number of rotatable bonds is 3. The minimum atomic E-state index is -4.38. The molecule has 0 bridgehead atoms. The lowest BCUT2D eigenvalue weighted by Gasteiger charge is -2.35. The van der Waals surface area contributed by atoms with Gasteiger partial charge < -0.3 is 10.2 Å². The summed E-state index contributed by atoms with van der Waals surface area (Å²) in [5, 5.41) is 7.52. The number of alkyl halides is 3. The van der Waals surface area contributed by atoms with E-state index in [0.717, 1.165) is 11.1 Å². The zero-order valence-corrected chi connectivity index (χ0v) is 16.4. The monoisotopic (exact) mass is 407 g/mol. The third-order valence-corrected chi connectivity index (χ3v) is 5.78. The van der Waals surface area contributed by atoms with Gasteiger partial charge in [-0.1, -0.05) is 19.9 Å². The number of anilines is 1. The van der Waals surface area contributed by atoms with Crippen molar-refractivity contribution in [2.75, 3.05) is 11.9 Å². The van der Waals surface area contributed by atoms with E-state index in [1.807, 2.05) is 13.8 Å². The molecule has 29 heavy (non-hydrogen) atoms. The molecule has 156 valence electrons. The zero-order valence-electron chi connectivity index (χ0n) is 16.4. The van der Waals surface area contributed by atoms with E-state index in [9.17, 15) is 18.0 Å². The van der Waals surface area contributed by atoms with E-state index in [1.165, 1.54) is 0 Å². The van der Waals surface area contributed by atoms with Gasteiger partial charge in [-0.2, -0.15) is 18.3 Å². The second kappa shape index (κ2) is 7.35. The maximum Gasteiger partial charge on any atom is 0.410 e. The van der Waals surface area contributed by atoms with Gasteiger partial charge >= 0.3 is 6.18 Å². The van der Waals surface area contributed by atoms with Gasteiger partial charge in [-0.3, -0.25) is 9.78 Å². The second-order valence-electron chi connectivity index (χ2n) is 8.06. The lowest BCUT2D eigenvalue weighted by Crippen LogP contribution is -2.41. The molecule has 1 N–H and O–H groups in total. The molecule has 0 aliphatic carbocycles. The Kier molecular flexibility index (Phi) is 5.00. The Balaban J connectivity index is 1.65. The number of carbonyl (C=O) groups excluding carboxylic acids is 1. The summed E-state index contributed by atoms with van der Waals surface area (Å²) in [6, 6.07) is 4.48. The van der Waals surface area contributed by atoms with Gasteiger partial charge in [0, 0.05) is 24.8 Å². The van der Waals surface area contributed by atoms with Crippen LogP contribution in [0.2, 0.25) is 0 Å². The molecule has 1 fully saturated rings. The Morgan fingerprint density at radius 2 is 2.10 bits per heavy atom. The Morgan fingerprint density at radius 3 is 2.76 bits per heavy atom. The summed E-state index contributed by atoms with van der Waals surface area (Å²) >= 11 is 0.